The molecule has 2 aromatic rings. The molecule has 2 rings (SSSR count). The molecule has 0 radical (unpaired) electrons. The van der Waals surface area contributed by atoms with E-state index in [0.29, 0.717) is 17.1 Å². The topological polar surface area (TPSA) is 62.1 Å². The zero-order chi connectivity index (χ0) is 6.97. The summed E-state index contributed by atoms with van der Waals surface area (Å²) in [5, 5.41) is 8.59. The fourth-order valence-corrected chi connectivity index (χ4v) is 0.858. The molecule has 10 heavy (non-hydrogen) atoms. The Balaban J connectivity index is 2.67. The van der Waals surface area contributed by atoms with Crippen LogP contribution in [0.4, 0.5) is 0 Å². The van der Waals surface area contributed by atoms with E-state index in [9.17, 15) is 0 Å². The van der Waals surface area contributed by atoms with Crippen LogP contribution in [-0.2, 0) is 6.61 Å². The van der Waals surface area contributed by atoms with Crippen molar-refractivity contribution in [2.45, 2.75) is 6.61 Å². The van der Waals surface area contributed by atoms with Crippen LogP contribution >= 0.6 is 0 Å². The number of aliphatic hydroxyl groups is 1. The number of hydrogen-bond acceptors (Lipinski definition) is 3. The number of aliphatic hydroxyl groups excluding tert-OH is 1. The summed E-state index contributed by atoms with van der Waals surface area (Å²) in [6.45, 7) is -0.150. The third kappa shape index (κ3) is 0.625. The van der Waals surface area contributed by atoms with E-state index in [1.807, 2.05) is 0 Å². The molecule has 4 nitrogen and oxygen atoms in total. The van der Waals surface area contributed by atoms with Crippen molar-refractivity contribution in [1.29, 1.82) is 0 Å². The lowest BCUT2D eigenvalue weighted by Crippen LogP contribution is -1.79. The Labute approximate surface area is 56.5 Å². The molecule has 0 spiro atoms. The minimum Gasteiger partial charge on any atom is -0.436 e. The Hall–Kier alpha value is -1.29. The van der Waals surface area contributed by atoms with E-state index in [2.05, 4.69) is 9.97 Å². The first-order valence-corrected chi connectivity index (χ1v) is 2.94. The molecule has 0 amide bonds. The van der Waals surface area contributed by atoms with E-state index in [1.54, 1.807) is 12.3 Å². The van der Waals surface area contributed by atoms with Gasteiger partial charge in [0, 0.05) is 12.3 Å². The molecule has 0 aliphatic rings. The van der Waals surface area contributed by atoms with Crippen LogP contribution in [0.3, 0.4) is 0 Å². The average molecular weight is 138 g/mol. The highest BCUT2D eigenvalue weighted by atomic mass is 16.4. The molecular formula is C6H6N2O2. The molecule has 4 heteroatoms. The lowest BCUT2D eigenvalue weighted by Gasteiger charge is -1.79. The largest absolute Gasteiger partial charge is 0.436 e. The van der Waals surface area contributed by atoms with Crippen LogP contribution in [0.15, 0.2) is 16.7 Å². The summed E-state index contributed by atoms with van der Waals surface area (Å²) in [5.41, 5.74) is 1.37. The Bertz CT molecular complexity index is 307. The van der Waals surface area contributed by atoms with Crippen LogP contribution in [0.1, 0.15) is 5.89 Å². The third-order valence-electron chi connectivity index (χ3n) is 1.29. The van der Waals surface area contributed by atoms with Gasteiger partial charge in [0.15, 0.2) is 11.2 Å². The second-order valence-corrected chi connectivity index (χ2v) is 1.96. The van der Waals surface area contributed by atoms with Crippen LogP contribution in [0.5, 0.6) is 0 Å². The minimum atomic E-state index is -0.150. The van der Waals surface area contributed by atoms with Crippen molar-refractivity contribution < 1.29 is 9.52 Å². The molecule has 0 unspecified atom stereocenters. The molecule has 0 saturated heterocycles. The lowest BCUT2D eigenvalue weighted by molar-refractivity contribution is 0.244. The first-order chi connectivity index (χ1) is 4.90. The summed E-state index contributed by atoms with van der Waals surface area (Å²) in [5.74, 6) is 0.349. The number of aromatic amines is 1. The Morgan fingerprint density at radius 2 is 2.60 bits per heavy atom. The van der Waals surface area contributed by atoms with E-state index < -0.39 is 0 Å². The van der Waals surface area contributed by atoms with E-state index in [4.69, 9.17) is 9.52 Å². The predicted molar refractivity (Wildman–Crippen MR) is 34.3 cm³/mol. The van der Waals surface area contributed by atoms with Crippen molar-refractivity contribution in [3.05, 3.63) is 18.2 Å². The van der Waals surface area contributed by atoms with E-state index in [-0.39, 0.29) is 6.61 Å². The molecule has 0 saturated carbocycles. The molecule has 2 aromatic heterocycles. The summed E-state index contributed by atoms with van der Waals surface area (Å²) in [4.78, 5) is 6.78. The summed E-state index contributed by atoms with van der Waals surface area (Å²) >= 11 is 0. The van der Waals surface area contributed by atoms with Gasteiger partial charge in [-0.05, 0) is 0 Å². The van der Waals surface area contributed by atoms with Gasteiger partial charge in [-0.25, -0.2) is 0 Å². The van der Waals surface area contributed by atoms with Gasteiger partial charge in [-0.3, -0.25) is 0 Å². The van der Waals surface area contributed by atoms with Crippen LogP contribution in [0, 0.1) is 0 Å². The Morgan fingerprint density at radius 3 is 3.30 bits per heavy atom. The van der Waals surface area contributed by atoms with Gasteiger partial charge in [-0.1, -0.05) is 0 Å². The zero-order valence-corrected chi connectivity index (χ0v) is 5.16. The normalized spacial score (nSPS) is 10.9. The van der Waals surface area contributed by atoms with Crippen LogP contribution in [0.2, 0.25) is 0 Å². The van der Waals surface area contributed by atoms with Crippen molar-refractivity contribution in [1.82, 2.24) is 9.97 Å². The van der Waals surface area contributed by atoms with Crippen molar-refractivity contribution in [3.8, 4) is 0 Å². The van der Waals surface area contributed by atoms with Gasteiger partial charge < -0.3 is 14.5 Å². The van der Waals surface area contributed by atoms with Crippen LogP contribution in [-0.4, -0.2) is 15.1 Å². The number of fused-ring (bicyclic) bond motifs is 1. The van der Waals surface area contributed by atoms with Gasteiger partial charge in [0.2, 0.25) is 5.89 Å². The molecule has 2 N–H and O–H groups in total. The number of nitrogens with zero attached hydrogens (tertiary/aromatic N) is 1. The maximum Gasteiger partial charge on any atom is 0.222 e. The van der Waals surface area contributed by atoms with Crippen molar-refractivity contribution in [2.24, 2.45) is 0 Å². The summed E-state index contributed by atoms with van der Waals surface area (Å²) in [7, 11) is 0. The predicted octanol–water partition coefficient (Wildman–Crippen LogP) is 0.648. The standard InChI is InChI=1S/C6H6N2O2/c9-3-5-8-6-4(10-5)1-2-7-6/h1-2,7,9H,3H2. The van der Waals surface area contributed by atoms with Crippen LogP contribution in [0.25, 0.3) is 11.2 Å². The number of H-pyrrole nitrogens is 1. The monoisotopic (exact) mass is 138 g/mol. The molecule has 52 valence electrons. The SMILES string of the molecule is OCc1nc2[nH]ccc2o1. The maximum absolute atomic E-state index is 8.59. The highest BCUT2D eigenvalue weighted by molar-refractivity contribution is 5.67. The number of hydrogen-bond donors (Lipinski definition) is 2. The smallest absolute Gasteiger partial charge is 0.222 e. The first-order valence-electron chi connectivity index (χ1n) is 2.94. The van der Waals surface area contributed by atoms with Crippen LogP contribution < -0.4 is 0 Å². The van der Waals surface area contributed by atoms with Gasteiger partial charge in [-0.15, -0.1) is 0 Å². The summed E-state index contributed by atoms with van der Waals surface area (Å²) < 4.78 is 5.06. The van der Waals surface area contributed by atoms with E-state index in [0.717, 1.165) is 0 Å². The number of aromatic nitrogens is 2. The van der Waals surface area contributed by atoms with Crippen molar-refractivity contribution in [2.75, 3.05) is 0 Å². The molecule has 0 aliphatic heterocycles. The Kier molecular flexibility index (Phi) is 1.01. The maximum atomic E-state index is 8.59. The second kappa shape index (κ2) is 1.85. The summed E-state index contributed by atoms with van der Waals surface area (Å²) in [6, 6.07) is 1.77. The van der Waals surface area contributed by atoms with Gasteiger partial charge >= 0.3 is 0 Å². The molecule has 0 fully saturated rings. The van der Waals surface area contributed by atoms with Crippen molar-refractivity contribution >= 4 is 11.2 Å². The quantitative estimate of drug-likeness (QED) is 0.608. The molecular weight excluding hydrogens is 132 g/mol. The first kappa shape index (κ1) is 5.49. The zero-order valence-electron chi connectivity index (χ0n) is 5.16. The van der Waals surface area contributed by atoms with Gasteiger partial charge in [0.25, 0.3) is 0 Å². The second-order valence-electron chi connectivity index (χ2n) is 1.96. The van der Waals surface area contributed by atoms with Gasteiger partial charge in [-0.2, -0.15) is 4.98 Å². The average Bonchev–Trinajstić information content (AvgIpc) is 2.42. The molecule has 2 heterocycles. The molecule has 0 aromatic carbocycles. The van der Waals surface area contributed by atoms with Crippen molar-refractivity contribution in [3.63, 3.8) is 0 Å². The lowest BCUT2D eigenvalue weighted by atomic mass is 10.6. The number of oxazole rings is 1. The molecule has 0 bridgehead atoms. The minimum absolute atomic E-state index is 0.150. The fourth-order valence-electron chi connectivity index (χ4n) is 0.858. The number of rotatable bonds is 1. The summed E-state index contributed by atoms with van der Waals surface area (Å²) in [6.07, 6.45) is 1.74. The van der Waals surface area contributed by atoms with Gasteiger partial charge in [0.1, 0.15) is 6.61 Å². The number of nitrogens with one attached hydrogen (secondary N) is 1. The third-order valence-corrected chi connectivity index (χ3v) is 1.29. The highest BCUT2D eigenvalue weighted by Crippen LogP contribution is 2.12. The Morgan fingerprint density at radius 1 is 1.70 bits per heavy atom. The molecule has 0 atom stereocenters. The van der Waals surface area contributed by atoms with E-state index >= 15 is 0 Å². The highest BCUT2D eigenvalue weighted by Gasteiger charge is 2.02. The van der Waals surface area contributed by atoms with E-state index in [1.165, 1.54) is 0 Å². The van der Waals surface area contributed by atoms with Gasteiger partial charge in [0.05, 0.1) is 0 Å². The molecule has 0 aliphatic carbocycles. The fraction of sp³-hybridized carbons (Fsp3) is 0.167.